The first-order chi connectivity index (χ1) is 20.0. The Morgan fingerprint density at radius 2 is 2.10 bits per heavy atom. The molecule has 1 aromatic heterocycles. The van der Waals surface area contributed by atoms with Crippen LogP contribution in [0, 0.1) is 11.8 Å². The van der Waals surface area contributed by atoms with Gasteiger partial charge >= 0.3 is 0 Å². The van der Waals surface area contributed by atoms with Crippen molar-refractivity contribution in [2.45, 2.75) is 57.2 Å². The van der Waals surface area contributed by atoms with Crippen molar-refractivity contribution in [1.82, 2.24) is 25.1 Å². The molecule has 3 heterocycles. The van der Waals surface area contributed by atoms with Crippen LogP contribution in [0.3, 0.4) is 0 Å². The molecule has 2 fully saturated rings. The summed E-state index contributed by atoms with van der Waals surface area (Å²) in [4.78, 5) is 42.5. The fraction of sp³-hybridized carbons (Fsp3) is 0.452. The minimum Gasteiger partial charge on any atom is -0.366 e. The molecule has 3 aliphatic rings. The van der Waals surface area contributed by atoms with E-state index >= 15 is 0 Å². The van der Waals surface area contributed by atoms with Gasteiger partial charge < -0.3 is 25.8 Å². The zero-order valence-corrected chi connectivity index (χ0v) is 23.8. The van der Waals surface area contributed by atoms with Crippen molar-refractivity contribution in [2.24, 2.45) is 4.99 Å². The largest absolute Gasteiger partial charge is 0.366 e. The van der Waals surface area contributed by atoms with E-state index in [1.54, 1.807) is 17.2 Å². The van der Waals surface area contributed by atoms with Crippen molar-refractivity contribution in [3.8, 4) is 11.8 Å². The van der Waals surface area contributed by atoms with E-state index in [2.05, 4.69) is 49.9 Å². The first-order valence-electron chi connectivity index (χ1n) is 14.4. The van der Waals surface area contributed by atoms with Gasteiger partial charge in [-0.3, -0.25) is 14.6 Å². The lowest BCUT2D eigenvalue weighted by atomic mass is 10.1. The van der Waals surface area contributed by atoms with Gasteiger partial charge in [-0.05, 0) is 69.5 Å². The Morgan fingerprint density at radius 3 is 2.93 bits per heavy atom. The molecule has 0 unspecified atom stereocenters. The van der Waals surface area contributed by atoms with E-state index in [0.29, 0.717) is 44.5 Å². The molecule has 10 nitrogen and oxygen atoms in total. The summed E-state index contributed by atoms with van der Waals surface area (Å²) in [5, 5.41) is 9.75. The molecular formula is C31H38N8O2. The number of carbonyl (C=O) groups excluding carboxylic acids is 2. The number of amides is 2. The van der Waals surface area contributed by atoms with Crippen molar-refractivity contribution in [3.05, 3.63) is 53.2 Å². The van der Waals surface area contributed by atoms with Gasteiger partial charge in [0.1, 0.15) is 11.9 Å². The van der Waals surface area contributed by atoms with Gasteiger partial charge in [0.2, 0.25) is 17.8 Å². The maximum absolute atomic E-state index is 12.8. The molecule has 1 aliphatic carbocycles. The molecule has 41 heavy (non-hydrogen) atoms. The van der Waals surface area contributed by atoms with Crippen LogP contribution < -0.4 is 16.0 Å². The predicted octanol–water partition coefficient (Wildman–Crippen LogP) is 3.08. The zero-order chi connectivity index (χ0) is 28.6. The molecule has 1 aromatic carbocycles. The number of unbranched alkanes of at least 4 members (excludes halogenated alkanes) is 1. The standard InChI is InChI=1S/C31H38N8O2/c1-38(2)16-7-10-28(40)39-17-6-9-27(39)30(41)33-15-5-3-4-8-23-21-34-31(37-29(23)35-25-13-14-25)36-26-12-11-22-19-32-20-24(22)18-26/h7,10-12,18,20-21,25,27H,3,5-6,9,13-17,19H2,1-2H3,(H,33,41)(H2,34,35,36,37)/b10-7+/t27-/m0/s1. The number of rotatable bonds is 11. The van der Waals surface area contributed by atoms with Gasteiger partial charge in [-0.1, -0.05) is 24.0 Å². The van der Waals surface area contributed by atoms with Gasteiger partial charge in [0.15, 0.2) is 0 Å². The van der Waals surface area contributed by atoms with Crippen LogP contribution in [0.25, 0.3) is 0 Å². The molecule has 0 bridgehead atoms. The normalized spacial score (nSPS) is 17.4. The third-order valence-electron chi connectivity index (χ3n) is 7.17. The van der Waals surface area contributed by atoms with E-state index in [-0.39, 0.29) is 11.8 Å². The second kappa shape index (κ2) is 13.4. The molecule has 1 saturated heterocycles. The molecule has 1 saturated carbocycles. The van der Waals surface area contributed by atoms with Crippen LogP contribution in [-0.4, -0.2) is 83.6 Å². The maximum atomic E-state index is 12.8. The number of benzene rings is 1. The second-order valence-corrected chi connectivity index (χ2v) is 10.9. The van der Waals surface area contributed by atoms with Crippen molar-refractivity contribution in [1.29, 1.82) is 0 Å². The van der Waals surface area contributed by atoms with Gasteiger partial charge in [0.25, 0.3) is 0 Å². The fourth-order valence-corrected chi connectivity index (χ4v) is 4.80. The number of nitrogens with zero attached hydrogens (tertiary/aromatic N) is 5. The third kappa shape index (κ3) is 7.92. The molecule has 3 N–H and O–H groups in total. The quantitative estimate of drug-likeness (QED) is 0.222. The van der Waals surface area contributed by atoms with Crippen LogP contribution in [0.1, 0.15) is 55.2 Å². The number of hydrogen-bond acceptors (Lipinski definition) is 8. The number of anilines is 3. The Balaban J connectivity index is 1.11. The molecule has 1 atom stereocenters. The van der Waals surface area contributed by atoms with Crippen LogP contribution in [0.15, 0.2) is 41.5 Å². The molecule has 0 spiro atoms. The summed E-state index contributed by atoms with van der Waals surface area (Å²) >= 11 is 0. The highest BCUT2D eigenvalue weighted by Gasteiger charge is 2.32. The number of aromatic nitrogens is 2. The van der Waals surface area contributed by atoms with Crippen molar-refractivity contribution >= 4 is 35.5 Å². The molecule has 2 aromatic rings. The number of carbonyl (C=O) groups is 2. The van der Waals surface area contributed by atoms with E-state index in [9.17, 15) is 9.59 Å². The lowest BCUT2D eigenvalue weighted by Gasteiger charge is -2.22. The van der Waals surface area contributed by atoms with Gasteiger partial charge in [0, 0.05) is 50.1 Å². The first-order valence-corrected chi connectivity index (χ1v) is 14.4. The smallest absolute Gasteiger partial charge is 0.246 e. The van der Waals surface area contributed by atoms with Crippen LogP contribution in [-0.2, 0) is 16.1 Å². The third-order valence-corrected chi connectivity index (χ3v) is 7.17. The molecule has 10 heteroatoms. The Kier molecular flexibility index (Phi) is 9.26. The fourth-order valence-electron chi connectivity index (χ4n) is 4.80. The monoisotopic (exact) mass is 554 g/mol. The Labute approximate surface area is 241 Å². The second-order valence-electron chi connectivity index (χ2n) is 10.9. The van der Waals surface area contributed by atoms with E-state index in [1.807, 2.05) is 37.4 Å². The van der Waals surface area contributed by atoms with Crippen molar-refractivity contribution in [3.63, 3.8) is 0 Å². The van der Waals surface area contributed by atoms with Crippen LogP contribution in [0.2, 0.25) is 0 Å². The van der Waals surface area contributed by atoms with Gasteiger partial charge in [-0.15, -0.1) is 0 Å². The topological polar surface area (TPSA) is 115 Å². The molecule has 2 aliphatic heterocycles. The minimum absolute atomic E-state index is 0.0899. The van der Waals surface area contributed by atoms with Crippen molar-refractivity contribution in [2.75, 3.05) is 44.4 Å². The highest BCUT2D eigenvalue weighted by atomic mass is 16.2. The average molecular weight is 555 g/mol. The van der Waals surface area contributed by atoms with Crippen LogP contribution in [0.5, 0.6) is 0 Å². The Hall–Kier alpha value is -4.23. The lowest BCUT2D eigenvalue weighted by molar-refractivity contribution is -0.135. The Morgan fingerprint density at radius 1 is 1.22 bits per heavy atom. The maximum Gasteiger partial charge on any atom is 0.246 e. The molecule has 214 valence electrons. The summed E-state index contributed by atoms with van der Waals surface area (Å²) in [6, 6.07) is 6.17. The van der Waals surface area contributed by atoms with Gasteiger partial charge in [-0.2, -0.15) is 4.98 Å². The SMILES string of the molecule is CN(C)C/C=C/C(=O)N1CCC[C@H]1C(=O)NCCCC#Cc1cnc(Nc2ccc3c(c2)C=NC3)nc1NC1CC1. The zero-order valence-electron chi connectivity index (χ0n) is 23.8. The van der Waals surface area contributed by atoms with E-state index in [4.69, 9.17) is 4.98 Å². The predicted molar refractivity (Wildman–Crippen MR) is 161 cm³/mol. The summed E-state index contributed by atoms with van der Waals surface area (Å²) in [6.45, 7) is 2.55. The molecule has 5 rings (SSSR count). The summed E-state index contributed by atoms with van der Waals surface area (Å²) in [7, 11) is 3.90. The number of nitrogens with one attached hydrogen (secondary N) is 3. The summed E-state index contributed by atoms with van der Waals surface area (Å²) < 4.78 is 0. The molecule has 2 amide bonds. The van der Waals surface area contributed by atoms with Crippen LogP contribution >= 0.6 is 0 Å². The lowest BCUT2D eigenvalue weighted by Crippen LogP contribution is -2.45. The number of fused-ring (bicyclic) bond motifs is 1. The Bertz CT molecular complexity index is 1390. The number of likely N-dealkylation sites (tertiary alicyclic amines) is 1. The summed E-state index contributed by atoms with van der Waals surface area (Å²) in [6.07, 6.45) is 12.2. The highest BCUT2D eigenvalue weighted by molar-refractivity contribution is 5.93. The number of hydrogen-bond donors (Lipinski definition) is 3. The summed E-state index contributed by atoms with van der Waals surface area (Å²) in [5.74, 6) is 7.47. The molecular weight excluding hydrogens is 516 g/mol. The van der Waals surface area contributed by atoms with E-state index in [0.717, 1.165) is 54.9 Å². The summed E-state index contributed by atoms with van der Waals surface area (Å²) in [5.41, 5.74) is 4.01. The highest BCUT2D eigenvalue weighted by Crippen LogP contribution is 2.27. The number of likely N-dealkylation sites (N-methyl/N-ethyl adjacent to an activating group) is 1. The van der Waals surface area contributed by atoms with Crippen molar-refractivity contribution < 1.29 is 9.59 Å². The van der Waals surface area contributed by atoms with Gasteiger partial charge in [0.05, 0.1) is 18.3 Å². The van der Waals surface area contributed by atoms with Gasteiger partial charge in [-0.25, -0.2) is 4.98 Å². The first kappa shape index (κ1) is 28.3. The average Bonchev–Trinajstić information content (AvgIpc) is 3.42. The number of aliphatic imine (C=N–C) groups is 1. The minimum atomic E-state index is -0.400. The van der Waals surface area contributed by atoms with E-state index in [1.165, 1.54) is 5.56 Å². The van der Waals surface area contributed by atoms with Crippen LogP contribution in [0.4, 0.5) is 17.5 Å². The van der Waals surface area contributed by atoms with E-state index < -0.39 is 6.04 Å². The molecule has 0 radical (unpaired) electrons.